The first-order chi connectivity index (χ1) is 19.8. The predicted octanol–water partition coefficient (Wildman–Crippen LogP) is 1.97. The van der Waals surface area contributed by atoms with Crippen LogP contribution in [0.4, 0.5) is 5.95 Å². The van der Waals surface area contributed by atoms with E-state index in [2.05, 4.69) is 54.5 Å². The Morgan fingerprint density at radius 3 is 3.00 bits per heavy atom. The Balaban J connectivity index is 1.35. The molecule has 2 unspecified atom stereocenters. The highest BCUT2D eigenvalue weighted by molar-refractivity contribution is 8.44. The Labute approximate surface area is 247 Å². The van der Waals surface area contributed by atoms with E-state index >= 15 is 0 Å². The molecule has 0 amide bonds. The topological polar surface area (TPSA) is 213 Å². The molecule has 0 spiro atoms. The van der Waals surface area contributed by atoms with E-state index < -0.39 is 30.8 Å². The number of rotatable bonds is 14. The third-order valence-corrected chi connectivity index (χ3v) is 8.79. The molecule has 220 valence electrons. The zero-order valence-electron chi connectivity index (χ0n) is 20.8. The van der Waals surface area contributed by atoms with Gasteiger partial charge in [-0.05, 0) is 0 Å². The third-order valence-electron chi connectivity index (χ3n) is 5.72. The number of thiol groups is 2. The van der Waals surface area contributed by atoms with Gasteiger partial charge in [0.2, 0.25) is 5.95 Å². The van der Waals surface area contributed by atoms with Crippen LogP contribution in [0.5, 0.6) is 0 Å². The van der Waals surface area contributed by atoms with Gasteiger partial charge in [0, 0.05) is 12.6 Å². The second-order valence-electron chi connectivity index (χ2n) is 8.36. The third kappa shape index (κ3) is 7.15. The first-order valence-corrected chi connectivity index (χ1v) is 17.5. The first-order valence-electron chi connectivity index (χ1n) is 11.7. The minimum atomic E-state index is -4.05. The summed E-state index contributed by atoms with van der Waals surface area (Å²) in [6, 6.07) is 0. The van der Waals surface area contributed by atoms with Crippen molar-refractivity contribution in [2.45, 2.75) is 38.0 Å². The Hall–Kier alpha value is -2.41. The van der Waals surface area contributed by atoms with Crippen LogP contribution in [-0.4, -0.2) is 71.2 Å². The smallest absolute Gasteiger partial charge is 0.386 e. The zero-order chi connectivity index (χ0) is 29.0. The van der Waals surface area contributed by atoms with E-state index in [1.54, 1.807) is 11.7 Å². The van der Waals surface area contributed by atoms with Crippen LogP contribution in [0, 0.1) is 0 Å². The molecule has 5 heterocycles. The fraction of sp³-hybridized carbons (Fsp3) is 0.421. The van der Waals surface area contributed by atoms with E-state index in [1.807, 2.05) is 0 Å². The van der Waals surface area contributed by atoms with Crippen LogP contribution in [0.25, 0.3) is 21.9 Å². The summed E-state index contributed by atoms with van der Waals surface area (Å²) in [6.45, 7) is -3.61. The summed E-state index contributed by atoms with van der Waals surface area (Å²) in [7, 11) is -0.0733. The molecule has 3 N–H and O–H groups in total. The number of aromatic nitrogens is 8. The lowest BCUT2D eigenvalue weighted by molar-refractivity contribution is -0.129. The van der Waals surface area contributed by atoms with Crippen molar-refractivity contribution < 1.29 is 32.4 Å². The van der Waals surface area contributed by atoms with Crippen molar-refractivity contribution in [3.8, 4) is 10.7 Å². The largest absolute Gasteiger partial charge is 0.466 e. The lowest BCUT2D eigenvalue weighted by Gasteiger charge is -2.23. The van der Waals surface area contributed by atoms with E-state index in [1.165, 1.54) is 26.9 Å². The summed E-state index contributed by atoms with van der Waals surface area (Å²) >= 11 is 9.60. The number of anilines is 1. The minimum Gasteiger partial charge on any atom is -0.466 e. The number of imidazole rings is 1. The maximum absolute atomic E-state index is 13.4. The van der Waals surface area contributed by atoms with Gasteiger partial charge in [-0.25, -0.2) is 19.2 Å². The number of nitrogens with zero attached hydrogens (tertiary/aromatic N) is 7. The molecular weight excluding hydrogens is 640 g/mol. The molecule has 4 aromatic heterocycles. The van der Waals surface area contributed by atoms with Gasteiger partial charge in [0.15, 0.2) is 29.0 Å². The Morgan fingerprint density at radius 2 is 2.24 bits per heavy atom. The molecule has 0 aliphatic carbocycles. The summed E-state index contributed by atoms with van der Waals surface area (Å²) in [6.07, 6.45) is 0.931. The molecule has 1 saturated heterocycles. The lowest BCUT2D eigenvalue weighted by atomic mass is 10.2. The Bertz CT molecular complexity index is 1600. The zero-order valence-corrected chi connectivity index (χ0v) is 25.3. The van der Waals surface area contributed by atoms with Gasteiger partial charge in [-0.15, -0.1) is 28.7 Å². The number of carbonyl (C=O) groups is 1. The van der Waals surface area contributed by atoms with Crippen LogP contribution in [0.1, 0.15) is 18.5 Å². The molecule has 17 nitrogen and oxygen atoms in total. The number of thiazole rings is 1. The molecule has 0 bridgehead atoms. The van der Waals surface area contributed by atoms with Crippen molar-refractivity contribution >= 4 is 74.2 Å². The molecule has 1 aliphatic rings. The van der Waals surface area contributed by atoms with E-state index in [0.717, 1.165) is 0 Å². The van der Waals surface area contributed by atoms with E-state index in [9.17, 15) is 14.2 Å². The molecule has 1 fully saturated rings. The molecule has 0 saturated carbocycles. The maximum atomic E-state index is 13.4. The van der Waals surface area contributed by atoms with Gasteiger partial charge >= 0.3 is 6.80 Å². The number of carbonyl (C=O) groups excluding carboxylic acids is 1. The van der Waals surface area contributed by atoms with Gasteiger partial charge < -0.3 is 19.7 Å². The average molecular weight is 664 g/mol. The van der Waals surface area contributed by atoms with Crippen molar-refractivity contribution in [1.82, 2.24) is 39.3 Å². The van der Waals surface area contributed by atoms with Crippen LogP contribution >= 0.6 is 50.6 Å². The minimum absolute atomic E-state index is 0.0364. The van der Waals surface area contributed by atoms with Gasteiger partial charge in [0.1, 0.15) is 19.3 Å². The number of aromatic amines is 1. The molecule has 1 aliphatic heterocycles. The van der Waals surface area contributed by atoms with Gasteiger partial charge in [-0.2, -0.15) is 4.98 Å². The van der Waals surface area contributed by atoms with Gasteiger partial charge in [0.25, 0.3) is 12.0 Å². The molecule has 0 radical (unpaired) electrons. The summed E-state index contributed by atoms with van der Waals surface area (Å²) in [4.78, 5) is 42.7. The highest BCUT2D eigenvalue weighted by Gasteiger charge is 2.42. The first kappa shape index (κ1) is 30.1. The average Bonchev–Trinajstić information content (AvgIpc) is 3.72. The van der Waals surface area contributed by atoms with E-state index in [4.69, 9.17) is 28.8 Å². The Kier molecular flexibility index (Phi) is 9.73. The normalized spacial score (nSPS) is 20.7. The number of nitrogens with one attached hydrogen (secondary N) is 1. The van der Waals surface area contributed by atoms with Crippen LogP contribution in [0.15, 0.2) is 22.8 Å². The van der Waals surface area contributed by atoms with Crippen LogP contribution < -0.4 is 11.3 Å². The number of nitrogen functional groups attached to an aromatic ring is 1. The van der Waals surface area contributed by atoms with Crippen molar-refractivity contribution in [3.05, 3.63) is 34.2 Å². The molecule has 5 rings (SSSR count). The number of hydrogen-bond donors (Lipinski definition) is 4. The van der Waals surface area contributed by atoms with Crippen LogP contribution in [-0.2, 0) is 45.6 Å². The van der Waals surface area contributed by atoms with Crippen LogP contribution in [0.2, 0.25) is 0 Å². The van der Waals surface area contributed by atoms with E-state index in [0.29, 0.717) is 23.0 Å². The number of ether oxygens (including phenoxy) is 2. The summed E-state index contributed by atoms with van der Waals surface area (Å²) < 4.78 is 44.1. The fourth-order valence-corrected chi connectivity index (χ4v) is 6.48. The monoisotopic (exact) mass is 663 g/mol. The summed E-state index contributed by atoms with van der Waals surface area (Å²) in [5.41, 5.74) is 7.03. The highest BCUT2D eigenvalue weighted by Crippen LogP contribution is 2.57. The highest BCUT2D eigenvalue weighted by atomic mass is 32.7. The predicted molar refractivity (Wildman–Crippen MR) is 154 cm³/mol. The van der Waals surface area contributed by atoms with Crippen molar-refractivity contribution in [1.29, 1.82) is 0 Å². The number of nitrogens with two attached hydrogens (primary N) is 1. The standard InChI is InChI=1S/C19H23N9O8P2S3/c20-19-24-16-14(17(30)25-19)22-7-27(16)18-11(3-10(35-18)5-33-37-39)36-38(31,40)34-6-13-23-15(12-4-21-8-41-12)26-28(13)1-2-32-9-29/h4,7-11,18,37,39H,1-3,5-6H2,(H,31,40)(H3,20,24,25,30)/t10-,11+,18+,38?/m0/s1. The van der Waals surface area contributed by atoms with Gasteiger partial charge in [0.05, 0.1) is 44.0 Å². The second-order valence-corrected chi connectivity index (χ2v) is 13.1. The molecule has 5 atom stereocenters. The molecule has 22 heteroatoms. The number of H-pyrrole nitrogens is 1. The SMILES string of the molecule is Nc1nc2c(ncn2[C@@H]2O[C@H](COPS)C[C@H]2OP(=O)(S)OCc2nc(-c3cncs3)nn2CCOC=O)c(=O)[nH]1. The quantitative estimate of drug-likeness (QED) is 0.0657. The van der Waals surface area contributed by atoms with Crippen molar-refractivity contribution in [3.63, 3.8) is 0 Å². The lowest BCUT2D eigenvalue weighted by Crippen LogP contribution is -2.22. The Morgan fingerprint density at radius 1 is 1.39 bits per heavy atom. The summed E-state index contributed by atoms with van der Waals surface area (Å²) in [5, 5.41) is 4.41. The second kappa shape index (κ2) is 13.3. The fourth-order valence-electron chi connectivity index (χ4n) is 4.04. The van der Waals surface area contributed by atoms with Crippen molar-refractivity contribution in [2.75, 3.05) is 18.9 Å². The van der Waals surface area contributed by atoms with Gasteiger partial charge in [-0.1, -0.05) is 12.2 Å². The molecule has 41 heavy (non-hydrogen) atoms. The summed E-state index contributed by atoms with van der Waals surface area (Å²) in [5.74, 6) is 0.554. The molecule has 0 aromatic carbocycles. The number of hydrogen-bond acceptors (Lipinski definition) is 16. The maximum Gasteiger partial charge on any atom is 0.386 e. The van der Waals surface area contributed by atoms with Crippen LogP contribution in [0.3, 0.4) is 0 Å². The molecular formula is C19H23N9O8P2S3. The molecule has 4 aromatic rings. The van der Waals surface area contributed by atoms with Crippen molar-refractivity contribution in [2.24, 2.45) is 0 Å². The number of fused-ring (bicyclic) bond motifs is 1. The van der Waals surface area contributed by atoms with E-state index in [-0.39, 0.29) is 57.9 Å². The van der Waals surface area contributed by atoms with Gasteiger partial charge in [-0.3, -0.25) is 33.2 Å².